The smallest absolute Gasteiger partial charge is 0.321 e. The highest BCUT2D eigenvalue weighted by Crippen LogP contribution is 2.29. The number of rotatable bonds is 5. The second kappa shape index (κ2) is 7.51. The van der Waals surface area contributed by atoms with Crippen molar-refractivity contribution in [2.45, 2.75) is 31.7 Å². The number of carbonyl (C=O) groups is 1. The molecule has 6 nitrogen and oxygen atoms in total. The summed E-state index contributed by atoms with van der Waals surface area (Å²) in [6.07, 6.45) is -4.97. The van der Waals surface area contributed by atoms with Crippen molar-refractivity contribution in [3.8, 4) is 0 Å². The Morgan fingerprint density at radius 3 is 2.46 bits per heavy atom. The quantitative estimate of drug-likeness (QED) is 0.603. The Hall–Kier alpha value is -2.47. The number of halogens is 6. The van der Waals surface area contributed by atoms with Gasteiger partial charge >= 0.3 is 6.18 Å². The zero-order valence-corrected chi connectivity index (χ0v) is 14.3. The van der Waals surface area contributed by atoms with Crippen molar-refractivity contribution < 1.29 is 31.1 Å². The molecule has 0 spiro atoms. The van der Waals surface area contributed by atoms with E-state index >= 15 is 0 Å². The molecule has 1 atom stereocenters. The summed E-state index contributed by atoms with van der Waals surface area (Å²) in [6, 6.07) is -0.179. The Labute approximate surface area is 154 Å². The molecule has 1 aliphatic heterocycles. The van der Waals surface area contributed by atoms with Crippen LogP contribution < -0.4 is 5.73 Å². The van der Waals surface area contributed by atoms with E-state index in [0.29, 0.717) is 12.1 Å². The van der Waals surface area contributed by atoms with Crippen LogP contribution in [-0.2, 0) is 30.5 Å². The first-order chi connectivity index (χ1) is 13.1. The van der Waals surface area contributed by atoms with Gasteiger partial charge in [0.15, 0.2) is 17.4 Å². The largest absolute Gasteiger partial charge is 0.451 e. The molecule has 0 saturated carbocycles. The van der Waals surface area contributed by atoms with Crippen LogP contribution in [0.25, 0.3) is 0 Å². The molecule has 0 fully saturated rings. The standard InChI is InChI=1S/C16H15F6N5O/c17-9-5-11(19)10(18)3-8(9)4-12(23)13(28)6-26-1-2-27-14(7-26)24-25-15(27)16(20,21)22/h3,5,12H,1-2,4,6-7,23H2. The number of hydrogen-bond donors (Lipinski definition) is 1. The zero-order chi connectivity index (χ0) is 20.6. The molecule has 0 bridgehead atoms. The number of aromatic nitrogens is 3. The van der Waals surface area contributed by atoms with Gasteiger partial charge in [0.1, 0.15) is 11.6 Å². The van der Waals surface area contributed by atoms with E-state index in [4.69, 9.17) is 5.73 Å². The minimum Gasteiger partial charge on any atom is -0.321 e. The van der Waals surface area contributed by atoms with Gasteiger partial charge in [-0.15, -0.1) is 10.2 Å². The summed E-state index contributed by atoms with van der Waals surface area (Å²) >= 11 is 0. The van der Waals surface area contributed by atoms with Crippen LogP contribution >= 0.6 is 0 Å². The van der Waals surface area contributed by atoms with Gasteiger partial charge in [0.05, 0.1) is 19.1 Å². The summed E-state index contributed by atoms with van der Waals surface area (Å²) in [5, 5.41) is 6.65. The first-order valence-corrected chi connectivity index (χ1v) is 8.19. The Balaban J connectivity index is 1.62. The highest BCUT2D eigenvalue weighted by molar-refractivity contribution is 5.86. The molecule has 28 heavy (non-hydrogen) atoms. The summed E-state index contributed by atoms with van der Waals surface area (Å²) in [4.78, 5) is 13.8. The van der Waals surface area contributed by atoms with Crippen molar-refractivity contribution in [2.75, 3.05) is 13.1 Å². The fourth-order valence-corrected chi connectivity index (χ4v) is 2.96. The molecule has 3 rings (SSSR count). The monoisotopic (exact) mass is 407 g/mol. The van der Waals surface area contributed by atoms with Crippen molar-refractivity contribution in [3.63, 3.8) is 0 Å². The van der Waals surface area contributed by atoms with Crippen LogP contribution in [0.4, 0.5) is 26.3 Å². The number of nitrogens with two attached hydrogens (primary N) is 1. The van der Waals surface area contributed by atoms with Gasteiger partial charge in [-0.2, -0.15) is 13.2 Å². The van der Waals surface area contributed by atoms with Crippen LogP contribution in [0.15, 0.2) is 12.1 Å². The minimum atomic E-state index is -4.62. The SMILES string of the molecule is NC(Cc1cc(F)c(F)cc1F)C(=O)CN1CCn2c(nnc2C(F)(F)F)C1. The van der Waals surface area contributed by atoms with Crippen molar-refractivity contribution >= 4 is 5.78 Å². The lowest BCUT2D eigenvalue weighted by atomic mass is 10.0. The van der Waals surface area contributed by atoms with Gasteiger partial charge in [-0.3, -0.25) is 9.69 Å². The average Bonchev–Trinajstić information content (AvgIpc) is 3.03. The molecule has 12 heteroatoms. The molecular weight excluding hydrogens is 392 g/mol. The molecule has 1 aliphatic rings. The van der Waals surface area contributed by atoms with Crippen molar-refractivity contribution in [1.82, 2.24) is 19.7 Å². The van der Waals surface area contributed by atoms with Gasteiger partial charge in [0, 0.05) is 19.2 Å². The predicted molar refractivity (Wildman–Crippen MR) is 83.3 cm³/mol. The number of nitrogens with zero attached hydrogens (tertiary/aromatic N) is 4. The van der Waals surface area contributed by atoms with Gasteiger partial charge in [0.2, 0.25) is 5.82 Å². The summed E-state index contributed by atoms with van der Waals surface area (Å²) in [5.74, 6) is -5.18. The van der Waals surface area contributed by atoms with Crippen LogP contribution in [0.5, 0.6) is 0 Å². The number of fused-ring (bicyclic) bond motifs is 1. The Morgan fingerprint density at radius 2 is 1.79 bits per heavy atom. The first-order valence-electron chi connectivity index (χ1n) is 8.19. The third-order valence-electron chi connectivity index (χ3n) is 4.41. The van der Waals surface area contributed by atoms with Gasteiger partial charge in [0.25, 0.3) is 0 Å². The molecular formula is C16H15F6N5O. The fourth-order valence-electron chi connectivity index (χ4n) is 2.96. The van der Waals surface area contributed by atoms with Crippen LogP contribution in [0, 0.1) is 17.5 Å². The first kappa shape index (κ1) is 20.3. The van der Waals surface area contributed by atoms with E-state index in [9.17, 15) is 31.1 Å². The topological polar surface area (TPSA) is 77.0 Å². The van der Waals surface area contributed by atoms with E-state index < -0.39 is 41.3 Å². The molecule has 0 saturated heterocycles. The summed E-state index contributed by atoms with van der Waals surface area (Å²) in [7, 11) is 0. The summed E-state index contributed by atoms with van der Waals surface area (Å²) in [6.45, 7) is -0.175. The average molecular weight is 407 g/mol. The van der Waals surface area contributed by atoms with E-state index in [2.05, 4.69) is 10.2 Å². The number of carbonyl (C=O) groups excluding carboxylic acids is 1. The van der Waals surface area contributed by atoms with E-state index in [1.165, 1.54) is 4.90 Å². The second-order valence-corrected chi connectivity index (χ2v) is 6.43. The molecule has 2 N–H and O–H groups in total. The van der Waals surface area contributed by atoms with Crippen LogP contribution in [0.1, 0.15) is 17.2 Å². The molecule has 0 amide bonds. The van der Waals surface area contributed by atoms with Gasteiger partial charge in [-0.1, -0.05) is 0 Å². The fraction of sp³-hybridized carbons (Fsp3) is 0.438. The molecule has 0 aliphatic carbocycles. The number of Topliss-reactive ketones (excluding diaryl/α,β-unsaturated/α-hetero) is 1. The normalized spacial score (nSPS) is 16.1. The highest BCUT2D eigenvalue weighted by atomic mass is 19.4. The third-order valence-corrected chi connectivity index (χ3v) is 4.41. The van der Waals surface area contributed by atoms with E-state index in [1.54, 1.807) is 0 Å². The maximum Gasteiger partial charge on any atom is 0.451 e. The number of benzene rings is 1. The molecule has 2 heterocycles. The van der Waals surface area contributed by atoms with E-state index in [1.807, 2.05) is 0 Å². The van der Waals surface area contributed by atoms with Gasteiger partial charge < -0.3 is 10.3 Å². The number of ketones is 1. The molecule has 0 radical (unpaired) electrons. The van der Waals surface area contributed by atoms with E-state index in [-0.39, 0.29) is 44.0 Å². The Kier molecular flexibility index (Phi) is 5.44. The van der Waals surface area contributed by atoms with Crippen molar-refractivity contribution in [2.24, 2.45) is 5.73 Å². The van der Waals surface area contributed by atoms with Gasteiger partial charge in [-0.05, 0) is 18.1 Å². The Morgan fingerprint density at radius 1 is 1.11 bits per heavy atom. The summed E-state index contributed by atoms with van der Waals surface area (Å²) in [5.41, 5.74) is 5.50. The lowest BCUT2D eigenvalue weighted by Crippen LogP contribution is -2.44. The van der Waals surface area contributed by atoms with Gasteiger partial charge in [-0.25, -0.2) is 13.2 Å². The molecule has 152 valence electrons. The third kappa shape index (κ3) is 4.17. The van der Waals surface area contributed by atoms with Crippen molar-refractivity contribution in [3.05, 3.63) is 46.8 Å². The van der Waals surface area contributed by atoms with E-state index in [0.717, 1.165) is 4.57 Å². The lowest BCUT2D eigenvalue weighted by Gasteiger charge is -2.28. The maximum absolute atomic E-state index is 13.7. The van der Waals surface area contributed by atoms with Crippen molar-refractivity contribution in [1.29, 1.82) is 0 Å². The van der Waals surface area contributed by atoms with Crippen LogP contribution in [0.3, 0.4) is 0 Å². The molecule has 1 aromatic heterocycles. The number of alkyl halides is 3. The molecule has 1 aromatic carbocycles. The minimum absolute atomic E-state index is 0.0406. The molecule has 1 unspecified atom stereocenters. The number of hydrogen-bond acceptors (Lipinski definition) is 5. The molecule has 2 aromatic rings. The second-order valence-electron chi connectivity index (χ2n) is 6.43. The lowest BCUT2D eigenvalue weighted by molar-refractivity contribution is -0.148. The van der Waals surface area contributed by atoms with Crippen LogP contribution in [0.2, 0.25) is 0 Å². The maximum atomic E-state index is 13.7. The zero-order valence-electron chi connectivity index (χ0n) is 14.3. The summed E-state index contributed by atoms with van der Waals surface area (Å²) < 4.78 is 79.3. The predicted octanol–water partition coefficient (Wildman–Crippen LogP) is 1.67. The Bertz CT molecular complexity index is 896. The highest BCUT2D eigenvalue weighted by Gasteiger charge is 2.39. The van der Waals surface area contributed by atoms with Crippen LogP contribution in [-0.4, -0.2) is 44.6 Å².